The predicted octanol–water partition coefficient (Wildman–Crippen LogP) is 6.01. The molecule has 35 heavy (non-hydrogen) atoms. The molecular formula is C26H25Br2N3O4. The number of carbonyl (C=O) groups is 2. The first-order valence-electron chi connectivity index (χ1n) is 10.8. The van der Waals surface area contributed by atoms with E-state index in [0.29, 0.717) is 33.7 Å². The lowest BCUT2D eigenvalue weighted by Gasteiger charge is -2.15. The maximum absolute atomic E-state index is 12.5. The highest BCUT2D eigenvalue weighted by molar-refractivity contribution is 9.10. The summed E-state index contributed by atoms with van der Waals surface area (Å²) in [6.07, 6.45) is 1.50. The van der Waals surface area contributed by atoms with Crippen molar-refractivity contribution in [3.8, 4) is 11.5 Å². The quantitative estimate of drug-likeness (QED) is 0.232. The van der Waals surface area contributed by atoms with Crippen molar-refractivity contribution < 1.29 is 19.1 Å². The Bertz CT molecular complexity index is 1240. The zero-order chi connectivity index (χ0) is 25.4. The van der Waals surface area contributed by atoms with Gasteiger partial charge in [-0.15, -0.1) is 0 Å². The number of carbonyl (C=O) groups excluding carboxylic acids is 2. The fourth-order valence-corrected chi connectivity index (χ4v) is 3.93. The van der Waals surface area contributed by atoms with Crippen LogP contribution in [0.25, 0.3) is 0 Å². The fourth-order valence-electron chi connectivity index (χ4n) is 3.09. The smallest absolute Gasteiger partial charge is 0.271 e. The summed E-state index contributed by atoms with van der Waals surface area (Å²) in [6, 6.07) is 16.3. The number of anilines is 1. The van der Waals surface area contributed by atoms with Gasteiger partial charge in [-0.25, -0.2) is 5.43 Å². The number of ether oxygens (including phenoxy) is 2. The molecule has 0 radical (unpaired) electrons. The summed E-state index contributed by atoms with van der Waals surface area (Å²) < 4.78 is 13.0. The number of nitrogens with zero attached hydrogens (tertiary/aromatic N) is 1. The zero-order valence-corrected chi connectivity index (χ0v) is 22.7. The van der Waals surface area contributed by atoms with Gasteiger partial charge in [-0.1, -0.05) is 28.1 Å². The maximum Gasteiger partial charge on any atom is 0.271 e. The third-order valence-electron chi connectivity index (χ3n) is 4.83. The van der Waals surface area contributed by atoms with Crippen LogP contribution in [0, 0.1) is 13.8 Å². The Morgan fingerprint density at radius 3 is 2.46 bits per heavy atom. The van der Waals surface area contributed by atoms with Crippen molar-refractivity contribution in [2.45, 2.75) is 20.8 Å². The molecule has 0 bridgehead atoms. The molecule has 3 aromatic rings. The molecule has 0 atom stereocenters. The van der Waals surface area contributed by atoms with Crippen molar-refractivity contribution in [3.05, 3.63) is 85.8 Å². The molecule has 3 rings (SSSR count). The van der Waals surface area contributed by atoms with E-state index in [2.05, 4.69) is 47.7 Å². The molecule has 0 heterocycles. The van der Waals surface area contributed by atoms with E-state index >= 15 is 0 Å². The molecule has 0 unspecified atom stereocenters. The van der Waals surface area contributed by atoms with Crippen molar-refractivity contribution in [1.82, 2.24) is 5.43 Å². The second kappa shape index (κ2) is 12.5. The molecular weight excluding hydrogens is 578 g/mol. The lowest BCUT2D eigenvalue weighted by atomic mass is 10.1. The normalized spacial score (nSPS) is 10.8. The Kier molecular flexibility index (Phi) is 9.45. The number of hydrogen-bond donors (Lipinski definition) is 2. The number of rotatable bonds is 9. The second-order valence-electron chi connectivity index (χ2n) is 7.62. The minimum Gasteiger partial charge on any atom is -0.490 e. The van der Waals surface area contributed by atoms with Crippen LogP contribution < -0.4 is 20.2 Å². The summed E-state index contributed by atoms with van der Waals surface area (Å²) in [5.41, 5.74) is 6.43. The zero-order valence-electron chi connectivity index (χ0n) is 19.5. The molecule has 9 heteroatoms. The van der Waals surface area contributed by atoms with Gasteiger partial charge in [-0.05, 0) is 95.9 Å². The first kappa shape index (κ1) is 26.4. The summed E-state index contributed by atoms with van der Waals surface area (Å²) in [5.74, 6) is 0.239. The van der Waals surface area contributed by atoms with Crippen molar-refractivity contribution in [2.24, 2.45) is 5.10 Å². The van der Waals surface area contributed by atoms with Crippen LogP contribution in [0.2, 0.25) is 0 Å². The molecule has 3 aromatic carbocycles. The van der Waals surface area contributed by atoms with Gasteiger partial charge in [-0.3, -0.25) is 9.59 Å². The summed E-state index contributed by atoms with van der Waals surface area (Å²) >= 11 is 6.82. The highest BCUT2D eigenvalue weighted by atomic mass is 79.9. The standard InChI is InChI=1S/C26H25Br2N3O4/c1-4-34-23-13-18(14-29-31-26(33)19-7-9-20(27)10-8-19)12-21(28)25(23)35-15-24(32)30-22-11-16(2)5-6-17(22)3/h5-14H,4,15H2,1-3H3,(H,30,32)(H,31,33)/b29-14+. The van der Waals surface area contributed by atoms with Crippen LogP contribution in [-0.4, -0.2) is 31.2 Å². The largest absolute Gasteiger partial charge is 0.490 e. The van der Waals surface area contributed by atoms with Gasteiger partial charge in [-0.2, -0.15) is 5.10 Å². The van der Waals surface area contributed by atoms with Gasteiger partial charge in [0.2, 0.25) is 0 Å². The number of halogens is 2. The molecule has 0 aliphatic heterocycles. The Hall–Kier alpha value is -3.17. The molecule has 0 saturated heterocycles. The molecule has 0 fully saturated rings. The molecule has 182 valence electrons. The van der Waals surface area contributed by atoms with Gasteiger partial charge in [0, 0.05) is 15.7 Å². The summed E-state index contributed by atoms with van der Waals surface area (Å²) in [6.45, 7) is 5.96. The molecule has 2 amide bonds. The topological polar surface area (TPSA) is 89.0 Å². The van der Waals surface area contributed by atoms with E-state index in [1.165, 1.54) is 6.21 Å². The summed E-state index contributed by atoms with van der Waals surface area (Å²) in [4.78, 5) is 24.7. The maximum atomic E-state index is 12.5. The van der Waals surface area contributed by atoms with Crippen molar-refractivity contribution in [2.75, 3.05) is 18.5 Å². The molecule has 0 aromatic heterocycles. The lowest BCUT2D eigenvalue weighted by molar-refractivity contribution is -0.118. The number of amides is 2. The van der Waals surface area contributed by atoms with E-state index < -0.39 is 0 Å². The van der Waals surface area contributed by atoms with Crippen molar-refractivity contribution in [3.63, 3.8) is 0 Å². The number of aryl methyl sites for hydroxylation is 2. The molecule has 0 aliphatic carbocycles. The summed E-state index contributed by atoms with van der Waals surface area (Å²) in [7, 11) is 0. The second-order valence-corrected chi connectivity index (χ2v) is 9.39. The summed E-state index contributed by atoms with van der Waals surface area (Å²) in [5, 5.41) is 6.91. The van der Waals surface area contributed by atoms with Crippen LogP contribution in [0.4, 0.5) is 5.69 Å². The molecule has 0 aliphatic rings. The van der Waals surface area contributed by atoms with E-state index in [-0.39, 0.29) is 18.4 Å². The SMILES string of the molecule is CCOc1cc(/C=N/NC(=O)c2ccc(Br)cc2)cc(Br)c1OCC(=O)Nc1cc(C)ccc1C. The number of hydrogen-bond acceptors (Lipinski definition) is 5. The van der Waals surface area contributed by atoms with Crippen LogP contribution in [0.3, 0.4) is 0 Å². The molecule has 0 saturated carbocycles. The third kappa shape index (κ3) is 7.66. The van der Waals surface area contributed by atoms with Crippen LogP contribution in [-0.2, 0) is 4.79 Å². The molecule has 2 N–H and O–H groups in total. The van der Waals surface area contributed by atoms with Crippen molar-refractivity contribution in [1.29, 1.82) is 0 Å². The average Bonchev–Trinajstić information content (AvgIpc) is 2.81. The van der Waals surface area contributed by atoms with Gasteiger partial charge in [0.15, 0.2) is 18.1 Å². The van der Waals surface area contributed by atoms with Crippen molar-refractivity contribution >= 4 is 55.6 Å². The van der Waals surface area contributed by atoms with E-state index in [9.17, 15) is 9.59 Å². The minimum atomic E-state index is -0.326. The van der Waals surface area contributed by atoms with E-state index in [1.807, 2.05) is 39.0 Å². The predicted molar refractivity (Wildman–Crippen MR) is 145 cm³/mol. The van der Waals surface area contributed by atoms with E-state index in [0.717, 1.165) is 21.3 Å². The van der Waals surface area contributed by atoms with E-state index in [4.69, 9.17) is 9.47 Å². The third-order valence-corrected chi connectivity index (χ3v) is 5.95. The Morgan fingerprint density at radius 1 is 1.00 bits per heavy atom. The van der Waals surface area contributed by atoms with Gasteiger partial charge in [0.25, 0.3) is 11.8 Å². The number of hydrazone groups is 1. The monoisotopic (exact) mass is 601 g/mol. The highest BCUT2D eigenvalue weighted by Crippen LogP contribution is 2.36. The first-order valence-corrected chi connectivity index (χ1v) is 12.4. The lowest BCUT2D eigenvalue weighted by Crippen LogP contribution is -2.21. The molecule has 0 spiro atoms. The van der Waals surface area contributed by atoms with Gasteiger partial charge in [0.05, 0.1) is 17.3 Å². The van der Waals surface area contributed by atoms with Crippen LogP contribution in [0.1, 0.15) is 34.0 Å². The number of nitrogens with one attached hydrogen (secondary N) is 2. The first-order chi connectivity index (χ1) is 16.8. The number of benzene rings is 3. The van der Waals surface area contributed by atoms with Gasteiger partial charge in [0.1, 0.15) is 0 Å². The highest BCUT2D eigenvalue weighted by Gasteiger charge is 2.14. The Labute approximate surface area is 221 Å². The average molecular weight is 603 g/mol. The van der Waals surface area contributed by atoms with Gasteiger partial charge >= 0.3 is 0 Å². The molecule has 7 nitrogen and oxygen atoms in total. The van der Waals surface area contributed by atoms with Crippen LogP contribution in [0.5, 0.6) is 11.5 Å². The minimum absolute atomic E-state index is 0.192. The van der Waals surface area contributed by atoms with Crippen LogP contribution >= 0.6 is 31.9 Å². The van der Waals surface area contributed by atoms with E-state index in [1.54, 1.807) is 36.4 Å². The van der Waals surface area contributed by atoms with Gasteiger partial charge < -0.3 is 14.8 Å². The van der Waals surface area contributed by atoms with Crippen LogP contribution in [0.15, 0.2) is 68.6 Å². The fraction of sp³-hybridized carbons (Fsp3) is 0.192. The Balaban J connectivity index is 1.67. The Morgan fingerprint density at radius 2 is 1.74 bits per heavy atom.